The van der Waals surface area contributed by atoms with Gasteiger partial charge in [0.25, 0.3) is 0 Å². The van der Waals surface area contributed by atoms with Crippen molar-refractivity contribution >= 4 is 11.9 Å². The summed E-state index contributed by atoms with van der Waals surface area (Å²) in [5, 5.41) is 14.5. The fourth-order valence-electron chi connectivity index (χ4n) is 5.68. The highest BCUT2D eigenvalue weighted by Crippen LogP contribution is 2.43. The smallest absolute Gasteiger partial charge is 0.225 e. The van der Waals surface area contributed by atoms with Gasteiger partial charge in [-0.3, -0.25) is 9.48 Å². The van der Waals surface area contributed by atoms with Crippen LogP contribution in [0.5, 0.6) is 0 Å². The standard InChI is InChI=1S/C23H32N6O2/c1-14-18(15(2)27(3)26-14)7-9-22(31)29-16-6-8-21(29)19-12-24-23(25-20(19)11-16)28-10-4-5-17(30)13-28/h12,16-17,21,30H,4-11,13H2,1-3H3/t16-,17+,21+/m1/s1. The Morgan fingerprint density at radius 2 is 2.10 bits per heavy atom. The number of rotatable bonds is 4. The number of anilines is 1. The number of carbonyl (C=O) groups is 1. The average molecular weight is 425 g/mol. The van der Waals surface area contributed by atoms with Gasteiger partial charge in [0.15, 0.2) is 0 Å². The number of hydrogen-bond acceptors (Lipinski definition) is 6. The highest BCUT2D eigenvalue weighted by atomic mass is 16.3. The molecule has 0 radical (unpaired) electrons. The van der Waals surface area contributed by atoms with Crippen molar-refractivity contribution < 1.29 is 9.90 Å². The molecule has 2 aromatic heterocycles. The van der Waals surface area contributed by atoms with Gasteiger partial charge in [-0.05, 0) is 51.5 Å². The second-order valence-electron chi connectivity index (χ2n) is 9.34. The van der Waals surface area contributed by atoms with Gasteiger partial charge in [0.05, 0.1) is 23.5 Å². The lowest BCUT2D eigenvalue weighted by Crippen LogP contribution is -2.43. The zero-order valence-corrected chi connectivity index (χ0v) is 18.7. The van der Waals surface area contributed by atoms with Gasteiger partial charge in [0.1, 0.15) is 0 Å². The number of nitrogens with zero attached hydrogens (tertiary/aromatic N) is 6. The van der Waals surface area contributed by atoms with Gasteiger partial charge in [-0.2, -0.15) is 5.10 Å². The van der Waals surface area contributed by atoms with Crippen LogP contribution in [-0.2, 0) is 24.7 Å². The molecule has 1 N–H and O–H groups in total. The van der Waals surface area contributed by atoms with E-state index in [0.29, 0.717) is 13.0 Å². The summed E-state index contributed by atoms with van der Waals surface area (Å²) < 4.78 is 1.90. The minimum Gasteiger partial charge on any atom is -0.391 e. The first kappa shape index (κ1) is 20.4. The molecular weight excluding hydrogens is 392 g/mol. The first-order chi connectivity index (χ1) is 14.9. The molecule has 1 amide bonds. The van der Waals surface area contributed by atoms with Crippen LogP contribution in [0.4, 0.5) is 5.95 Å². The van der Waals surface area contributed by atoms with Crippen molar-refractivity contribution in [2.45, 2.75) is 77.0 Å². The molecule has 8 heteroatoms. The Kier molecular flexibility index (Phi) is 5.20. The fourth-order valence-corrected chi connectivity index (χ4v) is 5.68. The third-order valence-corrected chi connectivity index (χ3v) is 7.39. The predicted molar refractivity (Wildman–Crippen MR) is 117 cm³/mol. The van der Waals surface area contributed by atoms with E-state index < -0.39 is 0 Å². The van der Waals surface area contributed by atoms with Gasteiger partial charge >= 0.3 is 0 Å². The Morgan fingerprint density at radius 3 is 2.84 bits per heavy atom. The largest absolute Gasteiger partial charge is 0.391 e. The van der Waals surface area contributed by atoms with Gasteiger partial charge in [-0.25, -0.2) is 9.97 Å². The van der Waals surface area contributed by atoms with E-state index in [1.54, 1.807) is 0 Å². The van der Waals surface area contributed by atoms with Gasteiger partial charge in [-0.15, -0.1) is 0 Å². The monoisotopic (exact) mass is 424 g/mol. The van der Waals surface area contributed by atoms with Crippen LogP contribution < -0.4 is 4.90 Å². The van der Waals surface area contributed by atoms with Crippen molar-refractivity contribution in [2.75, 3.05) is 18.0 Å². The molecule has 31 heavy (non-hydrogen) atoms. The molecule has 166 valence electrons. The van der Waals surface area contributed by atoms with E-state index in [9.17, 15) is 9.90 Å². The molecule has 8 nitrogen and oxygen atoms in total. The summed E-state index contributed by atoms with van der Waals surface area (Å²) in [5.74, 6) is 0.947. The molecule has 2 fully saturated rings. The van der Waals surface area contributed by atoms with Crippen molar-refractivity contribution in [3.63, 3.8) is 0 Å². The summed E-state index contributed by atoms with van der Waals surface area (Å²) in [6, 6.07) is 0.328. The van der Waals surface area contributed by atoms with Crippen LogP contribution in [0.3, 0.4) is 0 Å². The summed E-state index contributed by atoms with van der Waals surface area (Å²) in [6.45, 7) is 5.57. The highest BCUT2D eigenvalue weighted by Gasteiger charge is 2.43. The summed E-state index contributed by atoms with van der Waals surface area (Å²) in [4.78, 5) is 27.0. The van der Waals surface area contributed by atoms with E-state index in [2.05, 4.69) is 26.8 Å². The molecule has 3 aliphatic heterocycles. The number of β-amino-alcohol motifs (C(OH)–C–C–N with tert-alkyl or cyclic N) is 1. The highest BCUT2D eigenvalue weighted by molar-refractivity contribution is 5.78. The molecule has 0 unspecified atom stereocenters. The Hall–Kier alpha value is -2.48. The Labute approximate surface area is 183 Å². The molecule has 5 heterocycles. The number of fused-ring (bicyclic) bond motifs is 4. The van der Waals surface area contributed by atoms with E-state index in [1.807, 2.05) is 24.9 Å². The summed E-state index contributed by atoms with van der Waals surface area (Å²) in [7, 11) is 1.95. The topological polar surface area (TPSA) is 87.4 Å². The number of carbonyl (C=O) groups excluding carboxylic acids is 1. The zero-order chi connectivity index (χ0) is 21.7. The van der Waals surface area contributed by atoms with E-state index >= 15 is 0 Å². The minimum atomic E-state index is -0.301. The lowest BCUT2D eigenvalue weighted by atomic mass is 9.98. The number of piperidine rings is 1. The molecule has 2 saturated heterocycles. The molecule has 0 aliphatic carbocycles. The SMILES string of the molecule is Cc1nn(C)c(C)c1CCC(=O)N1[C@@H]2CC[C@H]1c1cnc(N3CCC[C@H](O)C3)nc1C2. The zero-order valence-electron chi connectivity index (χ0n) is 18.7. The Balaban J connectivity index is 1.32. The van der Waals surface area contributed by atoms with Crippen LogP contribution in [0, 0.1) is 13.8 Å². The van der Waals surface area contributed by atoms with Crippen LogP contribution in [0.15, 0.2) is 6.20 Å². The molecule has 5 rings (SSSR count). The van der Waals surface area contributed by atoms with Crippen molar-refractivity contribution in [1.82, 2.24) is 24.6 Å². The van der Waals surface area contributed by atoms with E-state index in [-0.39, 0.29) is 24.1 Å². The van der Waals surface area contributed by atoms with E-state index in [4.69, 9.17) is 4.98 Å². The Morgan fingerprint density at radius 1 is 1.26 bits per heavy atom. The van der Waals surface area contributed by atoms with E-state index in [0.717, 1.165) is 73.7 Å². The fraction of sp³-hybridized carbons (Fsp3) is 0.652. The molecule has 0 aromatic carbocycles. The second kappa shape index (κ2) is 7.89. The number of aliphatic hydroxyl groups excluding tert-OH is 1. The summed E-state index contributed by atoms with van der Waals surface area (Å²) in [6.07, 6.45) is 7.50. The predicted octanol–water partition coefficient (Wildman–Crippen LogP) is 2.01. The Bertz CT molecular complexity index is 1000. The summed E-state index contributed by atoms with van der Waals surface area (Å²) >= 11 is 0. The number of hydrogen-bond donors (Lipinski definition) is 1. The molecule has 3 atom stereocenters. The van der Waals surface area contributed by atoms with Gasteiger partial charge < -0.3 is 14.9 Å². The number of aryl methyl sites for hydroxylation is 2. The van der Waals surface area contributed by atoms with Crippen molar-refractivity contribution in [3.05, 3.63) is 34.4 Å². The second-order valence-corrected chi connectivity index (χ2v) is 9.34. The molecular formula is C23H32N6O2. The quantitative estimate of drug-likeness (QED) is 0.808. The molecule has 2 bridgehead atoms. The van der Waals surface area contributed by atoms with Gasteiger partial charge in [-0.1, -0.05) is 0 Å². The lowest BCUT2D eigenvalue weighted by molar-refractivity contribution is -0.134. The number of aromatic nitrogens is 4. The molecule has 3 aliphatic rings. The van der Waals surface area contributed by atoms with Crippen LogP contribution in [-0.4, -0.2) is 60.9 Å². The maximum atomic E-state index is 13.2. The van der Waals surface area contributed by atoms with Gasteiger partial charge in [0, 0.05) is 56.5 Å². The van der Waals surface area contributed by atoms with Crippen molar-refractivity contribution in [3.8, 4) is 0 Å². The first-order valence-electron chi connectivity index (χ1n) is 11.5. The molecule has 0 spiro atoms. The maximum Gasteiger partial charge on any atom is 0.225 e. The lowest BCUT2D eigenvalue weighted by Gasteiger charge is -2.37. The number of amides is 1. The summed E-state index contributed by atoms with van der Waals surface area (Å²) in [5.41, 5.74) is 5.54. The minimum absolute atomic E-state index is 0.0957. The van der Waals surface area contributed by atoms with E-state index in [1.165, 1.54) is 5.56 Å². The normalized spacial score (nSPS) is 25.1. The average Bonchev–Trinajstić information content (AvgIpc) is 3.20. The van der Waals surface area contributed by atoms with Crippen LogP contribution in [0.1, 0.15) is 66.4 Å². The van der Waals surface area contributed by atoms with Crippen molar-refractivity contribution in [1.29, 1.82) is 0 Å². The number of aliphatic hydroxyl groups is 1. The van der Waals surface area contributed by atoms with Crippen LogP contribution in [0.2, 0.25) is 0 Å². The third-order valence-electron chi connectivity index (χ3n) is 7.39. The molecule has 2 aromatic rings. The maximum absolute atomic E-state index is 13.2. The van der Waals surface area contributed by atoms with Crippen LogP contribution in [0.25, 0.3) is 0 Å². The van der Waals surface area contributed by atoms with Crippen LogP contribution >= 0.6 is 0 Å². The first-order valence-corrected chi connectivity index (χ1v) is 11.5. The van der Waals surface area contributed by atoms with Crippen molar-refractivity contribution in [2.24, 2.45) is 7.05 Å². The molecule has 0 saturated carbocycles. The third kappa shape index (κ3) is 3.60. The van der Waals surface area contributed by atoms with Gasteiger partial charge in [0.2, 0.25) is 11.9 Å².